The lowest BCUT2D eigenvalue weighted by atomic mass is 10.3. The largest absolute Gasteiger partial charge is 0.467 e. The van der Waals surface area contributed by atoms with E-state index < -0.39 is 23.4 Å². The summed E-state index contributed by atoms with van der Waals surface area (Å²) in [5, 5.41) is 3.99. The number of carbonyl (C=O) groups excluding carboxylic acids is 2. The highest BCUT2D eigenvalue weighted by Gasteiger charge is 2.28. The third kappa shape index (κ3) is 9.63. The Bertz CT molecular complexity index is 461. The Morgan fingerprint density at radius 3 is 2.57 bits per heavy atom. The maximum atomic E-state index is 12.4. The first kappa shape index (κ1) is 19.1. The molecule has 7 nitrogen and oxygen atoms in total. The number of carbonyl (C=O) groups is 2. The normalized spacial score (nSPS) is 13.1. The molecule has 0 aliphatic rings. The number of rotatable bonds is 7. The van der Waals surface area contributed by atoms with Gasteiger partial charge >= 0.3 is 12.1 Å². The predicted octanol–water partition coefficient (Wildman–Crippen LogP) is 2.50. The SMILES string of the molecule is COC(=O)[C@@H](NC(C)=O)S/C(=C\C(F)(F)F)CCN=[N+]=[N-]. The van der Waals surface area contributed by atoms with Crippen LogP contribution in [0.25, 0.3) is 10.4 Å². The van der Waals surface area contributed by atoms with E-state index in [-0.39, 0.29) is 23.9 Å². The van der Waals surface area contributed by atoms with E-state index in [0.717, 1.165) is 14.0 Å². The number of esters is 1. The molecule has 0 aromatic heterocycles. The summed E-state index contributed by atoms with van der Waals surface area (Å²) in [6.45, 7) is 0.906. The van der Waals surface area contributed by atoms with Crippen molar-refractivity contribution in [2.24, 2.45) is 5.11 Å². The minimum Gasteiger partial charge on any atom is -0.467 e. The van der Waals surface area contributed by atoms with Crippen LogP contribution < -0.4 is 5.32 Å². The van der Waals surface area contributed by atoms with Gasteiger partial charge in [0.2, 0.25) is 5.91 Å². The Kier molecular flexibility index (Phi) is 8.32. The van der Waals surface area contributed by atoms with Crippen molar-refractivity contribution in [1.29, 1.82) is 0 Å². The van der Waals surface area contributed by atoms with Crippen LogP contribution in [0, 0.1) is 0 Å². The summed E-state index contributed by atoms with van der Waals surface area (Å²) in [5.41, 5.74) is 8.12. The minimum absolute atomic E-state index is 0.0116. The van der Waals surface area contributed by atoms with Gasteiger partial charge in [-0.25, -0.2) is 4.79 Å². The summed E-state index contributed by atoms with van der Waals surface area (Å²) in [6, 6.07) is 0. The van der Waals surface area contributed by atoms with Crippen molar-refractivity contribution in [3.8, 4) is 0 Å². The molecule has 0 aliphatic carbocycles. The Morgan fingerprint density at radius 2 is 2.14 bits per heavy atom. The summed E-state index contributed by atoms with van der Waals surface area (Å²) in [4.78, 5) is 24.6. The third-order valence-corrected chi connectivity index (χ3v) is 3.04. The molecule has 1 N–H and O–H groups in total. The Hall–Kier alpha value is -1.87. The van der Waals surface area contributed by atoms with Gasteiger partial charge in [-0.1, -0.05) is 16.9 Å². The lowest BCUT2D eigenvalue weighted by Gasteiger charge is -2.17. The first-order valence-electron chi connectivity index (χ1n) is 5.50. The van der Waals surface area contributed by atoms with Crippen molar-refractivity contribution in [2.75, 3.05) is 13.7 Å². The minimum atomic E-state index is -4.60. The smallest absolute Gasteiger partial charge is 0.410 e. The molecule has 0 saturated heterocycles. The number of azide groups is 1. The fourth-order valence-electron chi connectivity index (χ4n) is 1.13. The zero-order chi connectivity index (χ0) is 16.5. The third-order valence-electron chi connectivity index (χ3n) is 1.86. The van der Waals surface area contributed by atoms with E-state index in [1.54, 1.807) is 0 Å². The van der Waals surface area contributed by atoms with E-state index in [1.807, 2.05) is 0 Å². The first-order chi connectivity index (χ1) is 9.69. The molecule has 21 heavy (non-hydrogen) atoms. The maximum absolute atomic E-state index is 12.4. The Balaban J connectivity index is 5.11. The maximum Gasteiger partial charge on any atom is 0.410 e. The summed E-state index contributed by atoms with van der Waals surface area (Å²) >= 11 is 0.479. The molecule has 0 spiro atoms. The molecule has 1 atom stereocenters. The molecular formula is C10H13F3N4O3S. The number of amides is 1. The van der Waals surface area contributed by atoms with Crippen molar-refractivity contribution in [3.05, 3.63) is 21.4 Å². The van der Waals surface area contributed by atoms with Crippen molar-refractivity contribution in [1.82, 2.24) is 5.32 Å². The predicted molar refractivity (Wildman–Crippen MR) is 70.0 cm³/mol. The van der Waals surface area contributed by atoms with Crippen LogP contribution in [0.2, 0.25) is 0 Å². The van der Waals surface area contributed by atoms with Gasteiger partial charge in [-0.3, -0.25) is 4.79 Å². The zero-order valence-corrected chi connectivity index (χ0v) is 12.0. The summed E-state index contributed by atoms with van der Waals surface area (Å²) in [5.74, 6) is -1.49. The van der Waals surface area contributed by atoms with E-state index in [1.165, 1.54) is 0 Å². The van der Waals surface area contributed by atoms with Gasteiger partial charge < -0.3 is 10.1 Å². The van der Waals surface area contributed by atoms with Crippen molar-refractivity contribution < 1.29 is 27.5 Å². The molecule has 0 heterocycles. The molecule has 0 saturated carbocycles. The zero-order valence-electron chi connectivity index (χ0n) is 11.2. The molecule has 1 amide bonds. The van der Waals surface area contributed by atoms with Gasteiger partial charge in [0.1, 0.15) is 0 Å². The lowest BCUT2D eigenvalue weighted by Crippen LogP contribution is -2.38. The van der Waals surface area contributed by atoms with Crippen molar-refractivity contribution >= 4 is 23.6 Å². The fraction of sp³-hybridized carbons (Fsp3) is 0.600. The molecule has 0 bridgehead atoms. The van der Waals surface area contributed by atoms with Crippen LogP contribution in [0.1, 0.15) is 13.3 Å². The van der Waals surface area contributed by atoms with Crippen LogP contribution in [0.4, 0.5) is 13.2 Å². The first-order valence-corrected chi connectivity index (χ1v) is 6.38. The van der Waals surface area contributed by atoms with Gasteiger partial charge in [0, 0.05) is 24.5 Å². The number of hydrogen-bond acceptors (Lipinski definition) is 5. The van der Waals surface area contributed by atoms with Gasteiger partial charge in [0.25, 0.3) is 0 Å². The van der Waals surface area contributed by atoms with E-state index in [0.29, 0.717) is 11.8 Å². The van der Waals surface area contributed by atoms with Crippen LogP contribution in [-0.2, 0) is 14.3 Å². The number of allylic oxidation sites excluding steroid dienone is 1. The molecule has 11 heteroatoms. The highest BCUT2D eigenvalue weighted by atomic mass is 32.2. The number of thioether (sulfide) groups is 1. The molecule has 0 unspecified atom stereocenters. The number of ether oxygens (including phenoxy) is 1. The average Bonchev–Trinajstić information content (AvgIpc) is 2.34. The van der Waals surface area contributed by atoms with E-state index in [9.17, 15) is 22.8 Å². The van der Waals surface area contributed by atoms with E-state index in [2.05, 4.69) is 20.1 Å². The van der Waals surface area contributed by atoms with E-state index >= 15 is 0 Å². The number of nitrogens with one attached hydrogen (secondary N) is 1. The molecule has 118 valence electrons. The fourth-order valence-corrected chi connectivity index (χ4v) is 2.26. The number of halogens is 3. The summed E-state index contributed by atoms with van der Waals surface area (Å²) in [7, 11) is 1.05. The van der Waals surface area contributed by atoms with Crippen molar-refractivity contribution in [3.63, 3.8) is 0 Å². The molecule has 0 aromatic rings. The summed E-state index contributed by atoms with van der Waals surface area (Å²) in [6.07, 6.45) is -4.83. The quantitative estimate of drug-likeness (QED) is 0.255. The second-order valence-electron chi connectivity index (χ2n) is 3.58. The molecular weight excluding hydrogens is 313 g/mol. The molecule has 0 radical (unpaired) electrons. The molecule has 0 fully saturated rings. The second kappa shape index (κ2) is 9.14. The van der Waals surface area contributed by atoms with Gasteiger partial charge in [-0.15, -0.1) is 0 Å². The van der Waals surface area contributed by atoms with E-state index in [4.69, 9.17) is 5.53 Å². The molecule has 0 aliphatic heterocycles. The van der Waals surface area contributed by atoms with Gasteiger partial charge in [0.05, 0.1) is 7.11 Å². The van der Waals surface area contributed by atoms with Crippen LogP contribution in [0.15, 0.2) is 16.1 Å². The number of methoxy groups -OCH3 is 1. The van der Waals surface area contributed by atoms with Crippen LogP contribution >= 0.6 is 11.8 Å². The number of hydrogen-bond donors (Lipinski definition) is 1. The van der Waals surface area contributed by atoms with Crippen LogP contribution in [-0.4, -0.2) is 37.1 Å². The van der Waals surface area contributed by atoms with Gasteiger partial charge in [-0.05, 0) is 16.9 Å². The average molecular weight is 326 g/mol. The molecule has 0 aromatic carbocycles. The van der Waals surface area contributed by atoms with Crippen LogP contribution in [0.3, 0.4) is 0 Å². The topological polar surface area (TPSA) is 104 Å². The summed E-state index contributed by atoms with van der Waals surface area (Å²) < 4.78 is 41.6. The van der Waals surface area contributed by atoms with Gasteiger partial charge in [-0.2, -0.15) is 13.2 Å². The van der Waals surface area contributed by atoms with Crippen LogP contribution in [0.5, 0.6) is 0 Å². The lowest BCUT2D eigenvalue weighted by molar-refractivity contribution is -0.142. The second-order valence-corrected chi connectivity index (χ2v) is 4.81. The van der Waals surface area contributed by atoms with Gasteiger partial charge in [0.15, 0.2) is 5.37 Å². The Morgan fingerprint density at radius 1 is 1.52 bits per heavy atom. The monoisotopic (exact) mass is 326 g/mol. The highest BCUT2D eigenvalue weighted by Crippen LogP contribution is 2.29. The number of nitrogens with zero attached hydrogens (tertiary/aromatic N) is 3. The number of alkyl halides is 3. The Labute approximate surface area is 122 Å². The highest BCUT2D eigenvalue weighted by molar-refractivity contribution is 8.04. The molecule has 0 rings (SSSR count). The van der Waals surface area contributed by atoms with Crippen molar-refractivity contribution in [2.45, 2.75) is 24.9 Å². The standard InChI is InChI=1S/C10H13F3N4O3S/c1-6(18)16-8(9(19)20-2)21-7(3-4-15-17-14)5-10(11,12)13/h5,8H,3-4H2,1-2H3,(H,16,18)/b7-5-/t8-/m0/s1.